The summed E-state index contributed by atoms with van der Waals surface area (Å²) in [4.78, 5) is 14.6. The molecule has 6 nitrogen and oxygen atoms in total. The van der Waals surface area contributed by atoms with Crippen molar-refractivity contribution in [2.75, 3.05) is 13.1 Å². The summed E-state index contributed by atoms with van der Waals surface area (Å²) >= 11 is 0. The highest BCUT2D eigenvalue weighted by atomic mass is 35.5. The van der Waals surface area contributed by atoms with Gasteiger partial charge in [-0.05, 0) is 43.0 Å². The van der Waals surface area contributed by atoms with Crippen molar-refractivity contribution in [3.63, 3.8) is 0 Å². The average molecular weight is 424 g/mol. The predicted octanol–water partition coefficient (Wildman–Crippen LogP) is 2.46. The maximum atomic E-state index is 12.8. The van der Waals surface area contributed by atoms with Crippen LogP contribution in [0.3, 0.4) is 0 Å². The molecule has 0 spiro atoms. The Morgan fingerprint density at radius 3 is 2.61 bits per heavy atom. The van der Waals surface area contributed by atoms with E-state index in [1.807, 2.05) is 30.3 Å². The van der Waals surface area contributed by atoms with E-state index in [-0.39, 0.29) is 35.8 Å². The molecule has 8 heteroatoms. The molecule has 1 atom stereocenters. The maximum absolute atomic E-state index is 12.8. The Hall–Kier alpha value is -1.93. The number of amides is 1. The first kappa shape index (κ1) is 22.4. The molecule has 0 aromatic heterocycles. The standard InChI is InChI=1S/C20H25N3O3S.ClH/c1-15-9-10-17(20(24)23-11-5-8-18(21)14-23)12-19(15)27(25,26)22-13-16-6-3-2-4-7-16;/h2-4,6-7,9-10,12,18,22H,5,8,11,13-14,21H2,1H3;1H. The van der Waals surface area contributed by atoms with Crippen molar-refractivity contribution in [2.45, 2.75) is 37.2 Å². The number of halogens is 1. The maximum Gasteiger partial charge on any atom is 0.253 e. The quantitative estimate of drug-likeness (QED) is 0.772. The lowest BCUT2D eigenvalue weighted by Crippen LogP contribution is -2.45. The molecule has 1 aliphatic heterocycles. The van der Waals surface area contributed by atoms with Gasteiger partial charge in [-0.3, -0.25) is 4.79 Å². The van der Waals surface area contributed by atoms with E-state index in [0.29, 0.717) is 24.2 Å². The summed E-state index contributed by atoms with van der Waals surface area (Å²) in [6, 6.07) is 14.1. The van der Waals surface area contributed by atoms with E-state index in [9.17, 15) is 13.2 Å². The third kappa shape index (κ3) is 5.32. The second kappa shape index (κ2) is 9.52. The Bertz CT molecular complexity index is 920. The minimum atomic E-state index is -3.73. The highest BCUT2D eigenvalue weighted by molar-refractivity contribution is 7.89. The second-order valence-electron chi connectivity index (χ2n) is 6.94. The minimum Gasteiger partial charge on any atom is -0.337 e. The number of carbonyl (C=O) groups is 1. The van der Waals surface area contributed by atoms with E-state index in [1.165, 1.54) is 6.07 Å². The molecule has 0 aliphatic carbocycles. The van der Waals surface area contributed by atoms with Crippen LogP contribution in [-0.2, 0) is 16.6 Å². The van der Waals surface area contributed by atoms with Crippen LogP contribution in [0, 0.1) is 6.92 Å². The number of aryl methyl sites for hydroxylation is 1. The van der Waals surface area contributed by atoms with Crippen molar-refractivity contribution in [2.24, 2.45) is 5.73 Å². The number of nitrogens with one attached hydrogen (secondary N) is 1. The molecule has 0 radical (unpaired) electrons. The van der Waals surface area contributed by atoms with Gasteiger partial charge in [-0.2, -0.15) is 0 Å². The summed E-state index contributed by atoms with van der Waals surface area (Å²) in [5.74, 6) is -0.176. The van der Waals surface area contributed by atoms with Gasteiger partial charge in [-0.15, -0.1) is 12.4 Å². The highest BCUT2D eigenvalue weighted by Gasteiger charge is 2.24. The van der Waals surface area contributed by atoms with Crippen LogP contribution in [0.4, 0.5) is 0 Å². The summed E-state index contributed by atoms with van der Waals surface area (Å²) in [6.45, 7) is 3.07. The summed E-state index contributed by atoms with van der Waals surface area (Å²) in [5, 5.41) is 0. The normalized spacial score (nSPS) is 17.1. The van der Waals surface area contributed by atoms with Gasteiger partial charge in [0.05, 0.1) is 4.90 Å². The van der Waals surface area contributed by atoms with Crippen molar-refractivity contribution in [1.29, 1.82) is 0 Å². The van der Waals surface area contributed by atoms with Crippen molar-refractivity contribution >= 4 is 28.3 Å². The Morgan fingerprint density at radius 1 is 1.21 bits per heavy atom. The number of carbonyl (C=O) groups excluding carboxylic acids is 1. The highest BCUT2D eigenvalue weighted by Crippen LogP contribution is 2.20. The lowest BCUT2D eigenvalue weighted by Gasteiger charge is -2.31. The largest absolute Gasteiger partial charge is 0.337 e. The Morgan fingerprint density at radius 2 is 1.93 bits per heavy atom. The molecule has 28 heavy (non-hydrogen) atoms. The smallest absolute Gasteiger partial charge is 0.253 e. The molecule has 1 amide bonds. The fourth-order valence-electron chi connectivity index (χ4n) is 3.25. The second-order valence-corrected chi connectivity index (χ2v) is 8.68. The molecule has 1 aliphatic rings. The molecule has 1 unspecified atom stereocenters. The topological polar surface area (TPSA) is 92.5 Å². The Labute approximate surface area is 172 Å². The van der Waals surface area contributed by atoms with E-state index in [0.717, 1.165) is 18.4 Å². The van der Waals surface area contributed by atoms with Crippen LogP contribution < -0.4 is 10.5 Å². The lowest BCUT2D eigenvalue weighted by molar-refractivity contribution is 0.0708. The van der Waals surface area contributed by atoms with E-state index >= 15 is 0 Å². The van der Waals surface area contributed by atoms with Gasteiger partial charge in [0.25, 0.3) is 5.91 Å². The number of likely N-dealkylation sites (tertiary alicyclic amines) is 1. The van der Waals surface area contributed by atoms with Gasteiger partial charge in [-0.25, -0.2) is 13.1 Å². The monoisotopic (exact) mass is 423 g/mol. The molecule has 3 N–H and O–H groups in total. The summed E-state index contributed by atoms with van der Waals surface area (Å²) < 4.78 is 28.2. The van der Waals surface area contributed by atoms with Gasteiger partial charge in [0.2, 0.25) is 10.0 Å². The van der Waals surface area contributed by atoms with E-state index in [1.54, 1.807) is 24.0 Å². The fourth-order valence-corrected chi connectivity index (χ4v) is 4.54. The summed E-state index contributed by atoms with van der Waals surface area (Å²) in [6.07, 6.45) is 1.77. The molecule has 0 bridgehead atoms. The number of piperidine rings is 1. The van der Waals surface area contributed by atoms with E-state index in [4.69, 9.17) is 5.73 Å². The molecule has 1 saturated heterocycles. The van der Waals surface area contributed by atoms with E-state index < -0.39 is 10.0 Å². The minimum absolute atomic E-state index is 0. The molecular formula is C20H26ClN3O3S. The number of hydrogen-bond acceptors (Lipinski definition) is 4. The van der Waals surface area contributed by atoms with Gasteiger partial charge >= 0.3 is 0 Å². The number of nitrogens with two attached hydrogens (primary N) is 1. The van der Waals surface area contributed by atoms with Crippen LogP contribution in [0.2, 0.25) is 0 Å². The lowest BCUT2D eigenvalue weighted by atomic mass is 10.0. The first-order chi connectivity index (χ1) is 12.9. The van der Waals surface area contributed by atoms with Gasteiger partial charge in [-0.1, -0.05) is 36.4 Å². The third-order valence-electron chi connectivity index (χ3n) is 4.78. The number of sulfonamides is 1. The van der Waals surface area contributed by atoms with Crippen LogP contribution in [0.25, 0.3) is 0 Å². The first-order valence-corrected chi connectivity index (χ1v) is 10.5. The molecule has 3 rings (SSSR count). The van der Waals surface area contributed by atoms with Crippen molar-refractivity contribution < 1.29 is 13.2 Å². The third-order valence-corrected chi connectivity index (χ3v) is 6.32. The summed E-state index contributed by atoms with van der Waals surface area (Å²) in [7, 11) is -3.73. The number of hydrogen-bond donors (Lipinski definition) is 2. The van der Waals surface area contributed by atoms with Crippen LogP contribution in [0.15, 0.2) is 53.4 Å². The van der Waals surface area contributed by atoms with Gasteiger partial charge in [0.15, 0.2) is 0 Å². The van der Waals surface area contributed by atoms with Gasteiger partial charge in [0, 0.05) is 31.2 Å². The molecule has 1 heterocycles. The fraction of sp³-hybridized carbons (Fsp3) is 0.350. The van der Waals surface area contributed by atoms with Crippen LogP contribution >= 0.6 is 12.4 Å². The van der Waals surface area contributed by atoms with Crippen LogP contribution in [-0.4, -0.2) is 38.4 Å². The summed E-state index contributed by atoms with van der Waals surface area (Å²) in [5.41, 5.74) is 7.80. The van der Waals surface area contributed by atoms with Crippen molar-refractivity contribution in [1.82, 2.24) is 9.62 Å². The van der Waals surface area contributed by atoms with Crippen LogP contribution in [0.1, 0.15) is 34.3 Å². The number of rotatable bonds is 5. The zero-order valence-electron chi connectivity index (χ0n) is 15.8. The SMILES string of the molecule is Cc1ccc(C(=O)N2CCCC(N)C2)cc1S(=O)(=O)NCc1ccccc1.Cl. The molecule has 152 valence electrons. The van der Waals surface area contributed by atoms with Gasteiger partial charge in [0.1, 0.15) is 0 Å². The molecular weight excluding hydrogens is 398 g/mol. The molecule has 2 aromatic rings. The number of nitrogens with zero attached hydrogens (tertiary/aromatic N) is 1. The van der Waals surface area contributed by atoms with Crippen molar-refractivity contribution in [3.8, 4) is 0 Å². The van der Waals surface area contributed by atoms with Crippen LogP contribution in [0.5, 0.6) is 0 Å². The van der Waals surface area contributed by atoms with E-state index in [2.05, 4.69) is 4.72 Å². The number of benzene rings is 2. The zero-order valence-corrected chi connectivity index (χ0v) is 17.4. The van der Waals surface area contributed by atoms with Crippen molar-refractivity contribution in [3.05, 3.63) is 65.2 Å². The average Bonchev–Trinajstić information content (AvgIpc) is 2.67. The van der Waals surface area contributed by atoms with Gasteiger partial charge < -0.3 is 10.6 Å². The predicted molar refractivity (Wildman–Crippen MR) is 112 cm³/mol. The molecule has 2 aromatic carbocycles. The Balaban J connectivity index is 0.00000280. The molecule has 0 saturated carbocycles. The first-order valence-electron chi connectivity index (χ1n) is 9.06. The Kier molecular flexibility index (Phi) is 7.60. The zero-order chi connectivity index (χ0) is 19.4. The molecule has 1 fully saturated rings.